The number of rotatable bonds is 6. The van der Waals surface area contributed by atoms with Crippen LogP contribution < -0.4 is 5.32 Å². The van der Waals surface area contributed by atoms with Crippen LogP contribution in [0.2, 0.25) is 0 Å². The molecule has 0 atom stereocenters. The SMILES string of the molecule is CCNCc1cnn(C(CC)CC)c1. The third-order valence-electron chi connectivity index (χ3n) is 2.55. The van der Waals surface area contributed by atoms with Crippen LogP contribution in [0.5, 0.6) is 0 Å². The van der Waals surface area contributed by atoms with Crippen LogP contribution in [0.4, 0.5) is 0 Å². The van der Waals surface area contributed by atoms with Crippen molar-refractivity contribution in [3.05, 3.63) is 18.0 Å². The normalized spacial score (nSPS) is 11.1. The van der Waals surface area contributed by atoms with Crippen molar-refractivity contribution < 1.29 is 0 Å². The molecule has 0 aliphatic heterocycles. The lowest BCUT2D eigenvalue weighted by Crippen LogP contribution is -2.11. The molecule has 3 nitrogen and oxygen atoms in total. The van der Waals surface area contributed by atoms with E-state index in [1.807, 2.05) is 6.20 Å². The van der Waals surface area contributed by atoms with Gasteiger partial charge in [-0.1, -0.05) is 20.8 Å². The lowest BCUT2D eigenvalue weighted by atomic mass is 10.2. The van der Waals surface area contributed by atoms with Gasteiger partial charge in [-0.05, 0) is 19.4 Å². The summed E-state index contributed by atoms with van der Waals surface area (Å²) in [6.07, 6.45) is 6.42. The Kier molecular flexibility index (Phi) is 4.66. The first-order valence-corrected chi connectivity index (χ1v) is 5.55. The Morgan fingerprint density at radius 2 is 2.07 bits per heavy atom. The highest BCUT2D eigenvalue weighted by molar-refractivity contribution is 5.03. The van der Waals surface area contributed by atoms with Crippen LogP contribution in [0.1, 0.15) is 45.2 Å². The van der Waals surface area contributed by atoms with E-state index in [2.05, 4.69) is 42.1 Å². The molecule has 0 bridgehead atoms. The van der Waals surface area contributed by atoms with Gasteiger partial charge in [0.15, 0.2) is 0 Å². The van der Waals surface area contributed by atoms with E-state index in [1.54, 1.807) is 0 Å². The molecule has 80 valence electrons. The van der Waals surface area contributed by atoms with Gasteiger partial charge in [0, 0.05) is 18.3 Å². The monoisotopic (exact) mass is 195 g/mol. The van der Waals surface area contributed by atoms with Crippen LogP contribution in [0, 0.1) is 0 Å². The molecule has 0 unspecified atom stereocenters. The van der Waals surface area contributed by atoms with E-state index in [0.29, 0.717) is 6.04 Å². The molecule has 1 aromatic rings. The molecule has 1 rings (SSSR count). The predicted octanol–water partition coefficient (Wildman–Crippen LogP) is 2.35. The zero-order valence-corrected chi connectivity index (χ0v) is 9.45. The largest absolute Gasteiger partial charge is 0.313 e. The molecule has 0 amide bonds. The fraction of sp³-hybridized carbons (Fsp3) is 0.727. The van der Waals surface area contributed by atoms with Crippen LogP contribution in [0.3, 0.4) is 0 Å². The summed E-state index contributed by atoms with van der Waals surface area (Å²) < 4.78 is 2.09. The summed E-state index contributed by atoms with van der Waals surface area (Å²) in [5.41, 5.74) is 1.28. The van der Waals surface area contributed by atoms with Crippen molar-refractivity contribution >= 4 is 0 Å². The third-order valence-corrected chi connectivity index (χ3v) is 2.55. The van der Waals surface area contributed by atoms with Crippen LogP contribution in [-0.2, 0) is 6.54 Å². The zero-order valence-electron chi connectivity index (χ0n) is 9.45. The Balaban J connectivity index is 2.57. The molecule has 1 aromatic heterocycles. The van der Waals surface area contributed by atoms with Gasteiger partial charge in [0.2, 0.25) is 0 Å². The van der Waals surface area contributed by atoms with E-state index in [1.165, 1.54) is 5.56 Å². The second-order valence-electron chi connectivity index (χ2n) is 3.58. The van der Waals surface area contributed by atoms with Crippen LogP contribution in [0.25, 0.3) is 0 Å². The fourth-order valence-electron chi connectivity index (χ4n) is 1.60. The van der Waals surface area contributed by atoms with Crippen LogP contribution in [0.15, 0.2) is 12.4 Å². The van der Waals surface area contributed by atoms with E-state index in [4.69, 9.17) is 0 Å². The van der Waals surface area contributed by atoms with E-state index in [-0.39, 0.29) is 0 Å². The minimum Gasteiger partial charge on any atom is -0.313 e. The molecule has 0 radical (unpaired) electrons. The summed E-state index contributed by atoms with van der Waals surface area (Å²) in [5.74, 6) is 0. The predicted molar refractivity (Wildman–Crippen MR) is 59.2 cm³/mol. The van der Waals surface area contributed by atoms with Crippen molar-refractivity contribution in [2.75, 3.05) is 6.54 Å². The van der Waals surface area contributed by atoms with Gasteiger partial charge in [0.05, 0.1) is 12.2 Å². The molecule has 0 spiro atoms. The lowest BCUT2D eigenvalue weighted by Gasteiger charge is -2.12. The van der Waals surface area contributed by atoms with Crippen molar-refractivity contribution in [1.82, 2.24) is 15.1 Å². The van der Waals surface area contributed by atoms with Crippen LogP contribution >= 0.6 is 0 Å². The van der Waals surface area contributed by atoms with Crippen molar-refractivity contribution in [2.45, 2.75) is 46.2 Å². The molecular formula is C11H21N3. The first kappa shape index (κ1) is 11.2. The maximum Gasteiger partial charge on any atom is 0.0534 e. The summed E-state index contributed by atoms with van der Waals surface area (Å²) in [6, 6.07) is 0.561. The van der Waals surface area contributed by atoms with Gasteiger partial charge in [0.25, 0.3) is 0 Å². The summed E-state index contributed by atoms with van der Waals surface area (Å²) in [6.45, 7) is 8.47. The number of aromatic nitrogens is 2. The van der Waals surface area contributed by atoms with Crippen molar-refractivity contribution in [2.24, 2.45) is 0 Å². The lowest BCUT2D eigenvalue weighted by molar-refractivity contribution is 0.428. The summed E-state index contributed by atoms with van der Waals surface area (Å²) in [5, 5.41) is 7.69. The highest BCUT2D eigenvalue weighted by atomic mass is 15.3. The minimum atomic E-state index is 0.561. The maximum absolute atomic E-state index is 4.39. The van der Waals surface area contributed by atoms with Crippen molar-refractivity contribution in [3.63, 3.8) is 0 Å². The van der Waals surface area contributed by atoms with Gasteiger partial charge in [-0.25, -0.2) is 0 Å². The maximum atomic E-state index is 4.39. The Hall–Kier alpha value is -0.830. The molecular weight excluding hydrogens is 174 g/mol. The minimum absolute atomic E-state index is 0.561. The zero-order chi connectivity index (χ0) is 10.4. The third kappa shape index (κ3) is 2.84. The van der Waals surface area contributed by atoms with Gasteiger partial charge in [-0.2, -0.15) is 5.10 Å². The Morgan fingerprint density at radius 3 is 2.64 bits per heavy atom. The number of hydrogen-bond acceptors (Lipinski definition) is 2. The second-order valence-corrected chi connectivity index (χ2v) is 3.58. The molecule has 0 saturated heterocycles. The molecule has 0 aromatic carbocycles. The highest BCUT2D eigenvalue weighted by Gasteiger charge is 2.06. The van der Waals surface area contributed by atoms with Gasteiger partial charge >= 0.3 is 0 Å². The molecule has 1 heterocycles. The summed E-state index contributed by atoms with van der Waals surface area (Å²) in [7, 11) is 0. The molecule has 14 heavy (non-hydrogen) atoms. The van der Waals surface area contributed by atoms with E-state index in [0.717, 1.165) is 25.9 Å². The van der Waals surface area contributed by atoms with Gasteiger partial charge in [-0.15, -0.1) is 0 Å². The number of nitrogens with one attached hydrogen (secondary N) is 1. The molecule has 0 aliphatic carbocycles. The van der Waals surface area contributed by atoms with E-state index >= 15 is 0 Å². The van der Waals surface area contributed by atoms with Gasteiger partial charge in [0.1, 0.15) is 0 Å². The molecule has 0 aliphatic rings. The second kappa shape index (κ2) is 5.81. The van der Waals surface area contributed by atoms with E-state index < -0.39 is 0 Å². The molecule has 1 N–H and O–H groups in total. The standard InChI is InChI=1S/C11H21N3/c1-4-11(5-2)14-9-10(8-13-14)7-12-6-3/h8-9,11-12H,4-7H2,1-3H3. The fourth-order valence-corrected chi connectivity index (χ4v) is 1.60. The van der Waals surface area contributed by atoms with Crippen molar-refractivity contribution in [3.8, 4) is 0 Å². The van der Waals surface area contributed by atoms with E-state index in [9.17, 15) is 0 Å². The summed E-state index contributed by atoms with van der Waals surface area (Å²) in [4.78, 5) is 0. The number of nitrogens with zero attached hydrogens (tertiary/aromatic N) is 2. The first-order chi connectivity index (χ1) is 6.81. The topological polar surface area (TPSA) is 29.9 Å². The van der Waals surface area contributed by atoms with Crippen molar-refractivity contribution in [1.29, 1.82) is 0 Å². The Morgan fingerprint density at radius 1 is 1.36 bits per heavy atom. The van der Waals surface area contributed by atoms with Gasteiger partial charge in [-0.3, -0.25) is 4.68 Å². The number of hydrogen-bond donors (Lipinski definition) is 1. The quantitative estimate of drug-likeness (QED) is 0.755. The van der Waals surface area contributed by atoms with Crippen LogP contribution in [-0.4, -0.2) is 16.3 Å². The Bertz CT molecular complexity index is 251. The molecule has 3 heteroatoms. The average Bonchev–Trinajstić information content (AvgIpc) is 2.65. The Labute approximate surface area is 86.5 Å². The first-order valence-electron chi connectivity index (χ1n) is 5.55. The summed E-state index contributed by atoms with van der Waals surface area (Å²) >= 11 is 0. The molecule has 0 saturated carbocycles. The smallest absolute Gasteiger partial charge is 0.0534 e. The average molecular weight is 195 g/mol. The van der Waals surface area contributed by atoms with Gasteiger partial charge < -0.3 is 5.32 Å². The highest BCUT2D eigenvalue weighted by Crippen LogP contribution is 2.14. The molecule has 0 fully saturated rings.